The number of anilines is 1. The number of hydrogen-bond acceptors (Lipinski definition) is 5. The number of aromatic nitrogens is 2. The van der Waals surface area contributed by atoms with Crippen LogP contribution in [0.2, 0.25) is 5.02 Å². The summed E-state index contributed by atoms with van der Waals surface area (Å²) in [6, 6.07) is 17.3. The number of pyridine rings is 1. The number of fused-ring (bicyclic) bond motifs is 2. The fraction of sp³-hybridized carbons (Fsp3) is 0.0455. The number of carbonyl (C=O) groups excluding carboxylic acids is 1. The Bertz CT molecular complexity index is 1340. The van der Waals surface area contributed by atoms with Gasteiger partial charge >= 0.3 is 0 Å². The highest BCUT2D eigenvalue weighted by molar-refractivity contribution is 7.23. The second-order valence-electron chi connectivity index (χ2n) is 6.56. The second-order valence-corrected chi connectivity index (χ2v) is 8.92. The molecule has 1 amide bonds. The first-order valence-corrected chi connectivity index (χ1v) is 11.0. The molecule has 0 atom stereocenters. The number of aryl methyl sites for hydroxylation is 1. The van der Waals surface area contributed by atoms with Crippen molar-refractivity contribution in [3.05, 3.63) is 76.1 Å². The Kier molecular flexibility index (Phi) is 4.54. The molecule has 0 spiro atoms. The van der Waals surface area contributed by atoms with Gasteiger partial charge in [0.25, 0.3) is 5.91 Å². The van der Waals surface area contributed by atoms with Gasteiger partial charge < -0.3 is 0 Å². The molecule has 3 aromatic heterocycles. The number of thiophene rings is 1. The third-order valence-electron chi connectivity index (χ3n) is 4.65. The lowest BCUT2D eigenvalue weighted by Gasteiger charge is -2.08. The highest BCUT2D eigenvalue weighted by Gasteiger charge is 2.17. The average molecular weight is 436 g/mol. The van der Waals surface area contributed by atoms with E-state index in [2.05, 4.69) is 10.3 Å². The second kappa shape index (κ2) is 7.22. The van der Waals surface area contributed by atoms with Gasteiger partial charge in [-0.3, -0.25) is 10.1 Å². The van der Waals surface area contributed by atoms with Gasteiger partial charge in [0, 0.05) is 5.39 Å². The van der Waals surface area contributed by atoms with Gasteiger partial charge in [-0.15, -0.1) is 11.3 Å². The molecule has 0 unspecified atom stereocenters. The van der Waals surface area contributed by atoms with E-state index in [-0.39, 0.29) is 5.91 Å². The van der Waals surface area contributed by atoms with Crippen molar-refractivity contribution in [2.45, 2.75) is 6.92 Å². The zero-order valence-corrected chi connectivity index (χ0v) is 17.7. The van der Waals surface area contributed by atoms with Crippen LogP contribution in [-0.4, -0.2) is 15.9 Å². The largest absolute Gasteiger partial charge is 0.298 e. The quantitative estimate of drug-likeness (QED) is 0.339. The molecule has 0 aliphatic heterocycles. The molecule has 5 rings (SSSR count). The number of carbonyl (C=O) groups is 1. The third kappa shape index (κ3) is 3.29. The molecule has 0 saturated heterocycles. The molecule has 0 bridgehead atoms. The van der Waals surface area contributed by atoms with E-state index >= 15 is 0 Å². The average Bonchev–Trinajstić information content (AvgIpc) is 3.40. The lowest BCUT2D eigenvalue weighted by molar-refractivity contribution is 0.102. The minimum absolute atomic E-state index is 0.214. The lowest BCUT2D eigenvalue weighted by Crippen LogP contribution is -2.12. The number of hydrogen-bond donors (Lipinski definition) is 1. The molecule has 0 fully saturated rings. The molecule has 1 N–H and O–H groups in total. The van der Waals surface area contributed by atoms with Crippen LogP contribution in [0.3, 0.4) is 0 Å². The van der Waals surface area contributed by atoms with Crippen LogP contribution < -0.4 is 5.32 Å². The molecule has 0 aliphatic carbocycles. The lowest BCUT2D eigenvalue weighted by atomic mass is 10.1. The summed E-state index contributed by atoms with van der Waals surface area (Å²) in [5.41, 5.74) is 3.98. The molecule has 4 nitrogen and oxygen atoms in total. The maximum Gasteiger partial charge on any atom is 0.258 e. The van der Waals surface area contributed by atoms with Crippen LogP contribution in [0.4, 0.5) is 5.13 Å². The normalized spacial score (nSPS) is 11.2. The maximum atomic E-state index is 13.2. The molecular formula is C22H14ClN3OS2. The smallest absolute Gasteiger partial charge is 0.258 e. The minimum Gasteiger partial charge on any atom is -0.298 e. The Morgan fingerprint density at radius 3 is 2.72 bits per heavy atom. The number of benzene rings is 2. The highest BCUT2D eigenvalue weighted by Crippen LogP contribution is 2.34. The summed E-state index contributed by atoms with van der Waals surface area (Å²) < 4.78 is 0.876. The maximum absolute atomic E-state index is 13.2. The number of halogens is 1. The Morgan fingerprint density at radius 1 is 1.07 bits per heavy atom. The predicted octanol–water partition coefficient (Wildman–Crippen LogP) is 6.79. The van der Waals surface area contributed by atoms with Crippen LogP contribution in [0.5, 0.6) is 0 Å². The molecule has 0 aliphatic rings. The van der Waals surface area contributed by atoms with Gasteiger partial charge in [-0.25, -0.2) is 9.97 Å². The van der Waals surface area contributed by atoms with E-state index in [1.807, 2.05) is 66.9 Å². The highest BCUT2D eigenvalue weighted by atomic mass is 35.5. The van der Waals surface area contributed by atoms with E-state index in [4.69, 9.17) is 16.6 Å². The molecule has 2 aromatic carbocycles. The first kappa shape index (κ1) is 18.2. The van der Waals surface area contributed by atoms with Gasteiger partial charge in [0.1, 0.15) is 0 Å². The van der Waals surface area contributed by atoms with Crippen LogP contribution in [0.1, 0.15) is 15.9 Å². The molecule has 142 valence electrons. The number of rotatable bonds is 3. The Labute approximate surface area is 179 Å². The molecule has 29 heavy (non-hydrogen) atoms. The van der Waals surface area contributed by atoms with Crippen molar-refractivity contribution in [1.29, 1.82) is 0 Å². The number of para-hydroxylation sites is 1. The monoisotopic (exact) mass is 435 g/mol. The van der Waals surface area contributed by atoms with Crippen molar-refractivity contribution in [2.24, 2.45) is 0 Å². The number of thiazole rings is 1. The van der Waals surface area contributed by atoms with Gasteiger partial charge in [0.15, 0.2) is 5.13 Å². The van der Waals surface area contributed by atoms with Crippen LogP contribution in [-0.2, 0) is 0 Å². The van der Waals surface area contributed by atoms with E-state index in [9.17, 15) is 4.79 Å². The van der Waals surface area contributed by atoms with Gasteiger partial charge in [0.2, 0.25) is 0 Å². The molecule has 5 aromatic rings. The summed E-state index contributed by atoms with van der Waals surface area (Å²) in [5.74, 6) is -0.214. The summed E-state index contributed by atoms with van der Waals surface area (Å²) in [5, 5.41) is 6.92. The SMILES string of the molecule is Cc1ccc(Cl)c2sc(NC(=O)c3cc(-c4cccs4)nc4ccccc34)nc12. The van der Waals surface area contributed by atoms with Crippen molar-refractivity contribution in [2.75, 3.05) is 5.32 Å². The van der Waals surface area contributed by atoms with E-state index < -0.39 is 0 Å². The fourth-order valence-electron chi connectivity index (χ4n) is 3.23. The number of nitrogens with one attached hydrogen (secondary N) is 1. The van der Waals surface area contributed by atoms with Crippen molar-refractivity contribution >= 4 is 66.4 Å². The first-order chi connectivity index (χ1) is 14.1. The Hall–Kier alpha value is -2.80. The van der Waals surface area contributed by atoms with E-state index in [1.165, 1.54) is 11.3 Å². The van der Waals surface area contributed by atoms with Crippen molar-refractivity contribution in [3.8, 4) is 10.6 Å². The third-order valence-corrected chi connectivity index (χ3v) is 6.98. The van der Waals surface area contributed by atoms with E-state index in [0.717, 1.165) is 37.3 Å². The summed E-state index contributed by atoms with van der Waals surface area (Å²) in [4.78, 5) is 23.5. The molecule has 0 radical (unpaired) electrons. The van der Waals surface area contributed by atoms with Crippen molar-refractivity contribution < 1.29 is 4.79 Å². The van der Waals surface area contributed by atoms with Crippen LogP contribution in [0.25, 0.3) is 31.7 Å². The first-order valence-electron chi connectivity index (χ1n) is 8.91. The molecule has 7 heteroatoms. The van der Waals surface area contributed by atoms with Gasteiger partial charge in [0.05, 0.1) is 36.9 Å². The van der Waals surface area contributed by atoms with Crippen LogP contribution >= 0.6 is 34.3 Å². The molecule has 0 saturated carbocycles. The van der Waals surface area contributed by atoms with E-state index in [1.54, 1.807) is 11.3 Å². The summed E-state index contributed by atoms with van der Waals surface area (Å²) in [6.07, 6.45) is 0. The van der Waals surface area contributed by atoms with Gasteiger partial charge in [-0.05, 0) is 42.1 Å². The van der Waals surface area contributed by atoms with Crippen LogP contribution in [0.15, 0.2) is 60.0 Å². The summed E-state index contributed by atoms with van der Waals surface area (Å²) in [7, 11) is 0. The standard InChI is InChI=1S/C22H14ClN3OS2/c1-12-8-9-15(23)20-19(12)25-22(29-20)26-21(27)14-11-17(18-7-4-10-28-18)24-16-6-3-2-5-13(14)16/h2-11H,1H3,(H,25,26,27). The van der Waals surface area contributed by atoms with Crippen LogP contribution in [0, 0.1) is 6.92 Å². The van der Waals surface area contributed by atoms with E-state index in [0.29, 0.717) is 15.7 Å². The number of amides is 1. The fourth-order valence-corrected chi connectivity index (χ4v) is 5.13. The Morgan fingerprint density at radius 2 is 1.93 bits per heavy atom. The van der Waals surface area contributed by atoms with Gasteiger partial charge in [-0.1, -0.05) is 53.3 Å². The number of nitrogens with zero attached hydrogens (tertiary/aromatic N) is 2. The minimum atomic E-state index is -0.214. The zero-order chi connectivity index (χ0) is 20.0. The van der Waals surface area contributed by atoms with Crippen molar-refractivity contribution in [1.82, 2.24) is 9.97 Å². The Balaban J connectivity index is 1.59. The molecular weight excluding hydrogens is 422 g/mol. The summed E-state index contributed by atoms with van der Waals surface area (Å²) in [6.45, 7) is 1.98. The van der Waals surface area contributed by atoms with Crippen molar-refractivity contribution in [3.63, 3.8) is 0 Å². The zero-order valence-electron chi connectivity index (χ0n) is 15.3. The topological polar surface area (TPSA) is 54.9 Å². The predicted molar refractivity (Wildman–Crippen MR) is 122 cm³/mol. The molecule has 3 heterocycles. The summed E-state index contributed by atoms with van der Waals surface area (Å²) >= 11 is 9.28. The van der Waals surface area contributed by atoms with Gasteiger partial charge in [-0.2, -0.15) is 0 Å².